The van der Waals surface area contributed by atoms with Gasteiger partial charge in [0.1, 0.15) is 13.2 Å². The van der Waals surface area contributed by atoms with E-state index in [1.807, 2.05) is 19.1 Å². The SMILES string of the molecule is Cc1cc2c(cc1CNC(=O)Nc1cccc(Cl)c1)OCCO2. The second-order valence-electron chi connectivity index (χ2n) is 5.24. The molecule has 0 bridgehead atoms. The van der Waals surface area contributed by atoms with Gasteiger partial charge in [-0.2, -0.15) is 0 Å². The number of ether oxygens (including phenoxy) is 2. The molecule has 1 aliphatic rings. The van der Waals surface area contributed by atoms with Gasteiger partial charge >= 0.3 is 6.03 Å². The number of nitrogens with one attached hydrogen (secondary N) is 2. The Morgan fingerprint density at radius 2 is 1.91 bits per heavy atom. The molecule has 120 valence electrons. The number of hydrogen-bond donors (Lipinski definition) is 2. The Morgan fingerprint density at radius 1 is 1.17 bits per heavy atom. The van der Waals surface area contributed by atoms with Crippen LogP contribution < -0.4 is 20.1 Å². The highest BCUT2D eigenvalue weighted by atomic mass is 35.5. The van der Waals surface area contributed by atoms with Gasteiger partial charge in [0.2, 0.25) is 0 Å². The quantitative estimate of drug-likeness (QED) is 0.900. The van der Waals surface area contributed by atoms with Crippen molar-refractivity contribution in [2.24, 2.45) is 0 Å². The van der Waals surface area contributed by atoms with Crippen LogP contribution in [0.3, 0.4) is 0 Å². The molecule has 0 saturated heterocycles. The molecule has 0 radical (unpaired) electrons. The van der Waals surface area contributed by atoms with Crippen LogP contribution in [0.25, 0.3) is 0 Å². The first-order valence-corrected chi connectivity index (χ1v) is 7.69. The van der Waals surface area contributed by atoms with Crippen molar-refractivity contribution >= 4 is 23.3 Å². The number of carbonyl (C=O) groups is 1. The van der Waals surface area contributed by atoms with Crippen molar-refractivity contribution in [3.8, 4) is 11.5 Å². The molecule has 3 rings (SSSR count). The van der Waals surface area contributed by atoms with Crippen molar-refractivity contribution in [1.29, 1.82) is 0 Å². The lowest BCUT2D eigenvalue weighted by Gasteiger charge is -2.20. The summed E-state index contributed by atoms with van der Waals surface area (Å²) < 4.78 is 11.1. The third-order valence-electron chi connectivity index (χ3n) is 3.52. The number of aryl methyl sites for hydroxylation is 1. The van der Waals surface area contributed by atoms with E-state index >= 15 is 0 Å². The molecule has 0 spiro atoms. The molecule has 2 aromatic rings. The minimum absolute atomic E-state index is 0.290. The maximum atomic E-state index is 12.0. The number of rotatable bonds is 3. The fraction of sp³-hybridized carbons (Fsp3) is 0.235. The van der Waals surface area contributed by atoms with Crippen LogP contribution in [0.4, 0.5) is 10.5 Å². The molecule has 2 amide bonds. The second kappa shape index (κ2) is 6.79. The van der Waals surface area contributed by atoms with Gasteiger partial charge in [0, 0.05) is 17.3 Å². The number of urea groups is 1. The normalized spacial score (nSPS) is 12.6. The monoisotopic (exact) mass is 332 g/mol. The van der Waals surface area contributed by atoms with Crippen LogP contribution in [0.2, 0.25) is 5.02 Å². The Kier molecular flexibility index (Phi) is 4.57. The molecule has 0 saturated carbocycles. The molecule has 23 heavy (non-hydrogen) atoms. The number of anilines is 1. The van der Waals surface area contributed by atoms with E-state index in [-0.39, 0.29) is 6.03 Å². The van der Waals surface area contributed by atoms with Gasteiger partial charge in [0.05, 0.1) is 0 Å². The summed E-state index contributed by atoms with van der Waals surface area (Å²) in [6, 6.07) is 10.6. The van der Waals surface area contributed by atoms with Crippen molar-refractivity contribution < 1.29 is 14.3 Å². The van der Waals surface area contributed by atoms with Crippen molar-refractivity contribution in [1.82, 2.24) is 5.32 Å². The van der Waals surface area contributed by atoms with E-state index in [1.165, 1.54) is 0 Å². The van der Waals surface area contributed by atoms with Gasteiger partial charge in [-0.1, -0.05) is 17.7 Å². The summed E-state index contributed by atoms with van der Waals surface area (Å²) in [5, 5.41) is 6.14. The van der Waals surface area contributed by atoms with Crippen LogP contribution in [0.5, 0.6) is 11.5 Å². The zero-order valence-corrected chi connectivity index (χ0v) is 13.4. The van der Waals surface area contributed by atoms with Crippen molar-refractivity contribution in [3.63, 3.8) is 0 Å². The minimum atomic E-state index is -0.290. The summed E-state index contributed by atoms with van der Waals surface area (Å²) in [4.78, 5) is 12.0. The smallest absolute Gasteiger partial charge is 0.319 e. The van der Waals surface area contributed by atoms with Crippen LogP contribution in [-0.4, -0.2) is 19.2 Å². The Labute approximate surface area is 139 Å². The van der Waals surface area contributed by atoms with Crippen LogP contribution in [0, 0.1) is 6.92 Å². The number of hydrogen-bond acceptors (Lipinski definition) is 3. The van der Waals surface area contributed by atoms with Crippen LogP contribution in [0.1, 0.15) is 11.1 Å². The second-order valence-corrected chi connectivity index (χ2v) is 5.68. The summed E-state index contributed by atoms with van der Waals surface area (Å²) in [6.45, 7) is 3.48. The standard InChI is InChI=1S/C17H17ClN2O3/c1-11-7-15-16(23-6-5-22-15)8-12(11)10-19-17(21)20-14-4-2-3-13(18)9-14/h2-4,7-9H,5-6,10H2,1H3,(H2,19,20,21). The predicted octanol–water partition coefficient (Wildman–Crippen LogP) is 3.74. The third kappa shape index (κ3) is 3.87. The molecule has 0 aliphatic carbocycles. The van der Waals surface area contributed by atoms with Gasteiger partial charge in [-0.25, -0.2) is 4.79 Å². The van der Waals surface area contributed by atoms with Gasteiger partial charge in [0.15, 0.2) is 11.5 Å². The first-order valence-electron chi connectivity index (χ1n) is 7.31. The highest BCUT2D eigenvalue weighted by molar-refractivity contribution is 6.30. The largest absolute Gasteiger partial charge is 0.486 e. The summed E-state index contributed by atoms with van der Waals surface area (Å²) in [5.74, 6) is 1.47. The molecule has 2 N–H and O–H groups in total. The van der Waals surface area contributed by atoms with E-state index < -0.39 is 0 Å². The molecule has 0 fully saturated rings. The average molecular weight is 333 g/mol. The molecular formula is C17H17ClN2O3. The summed E-state index contributed by atoms with van der Waals surface area (Å²) in [7, 11) is 0. The number of amides is 2. The van der Waals surface area contributed by atoms with E-state index in [0.29, 0.717) is 36.2 Å². The summed E-state index contributed by atoms with van der Waals surface area (Å²) in [5.41, 5.74) is 2.67. The number of halogens is 1. The van der Waals surface area contributed by atoms with E-state index in [1.54, 1.807) is 24.3 Å². The lowest BCUT2D eigenvalue weighted by atomic mass is 10.1. The predicted molar refractivity (Wildman–Crippen MR) is 89.5 cm³/mol. The average Bonchev–Trinajstić information content (AvgIpc) is 2.53. The lowest BCUT2D eigenvalue weighted by Crippen LogP contribution is -2.28. The van der Waals surface area contributed by atoms with Crippen LogP contribution in [0.15, 0.2) is 36.4 Å². The summed E-state index contributed by atoms with van der Waals surface area (Å²) in [6.07, 6.45) is 0. The maximum absolute atomic E-state index is 12.0. The number of fused-ring (bicyclic) bond motifs is 1. The number of benzene rings is 2. The molecule has 2 aromatic carbocycles. The zero-order chi connectivity index (χ0) is 16.2. The van der Waals surface area contributed by atoms with Gasteiger partial charge in [-0.05, 0) is 48.4 Å². The van der Waals surface area contributed by atoms with Gasteiger partial charge < -0.3 is 20.1 Å². The highest BCUT2D eigenvalue weighted by Crippen LogP contribution is 2.32. The fourth-order valence-electron chi connectivity index (χ4n) is 2.34. The van der Waals surface area contributed by atoms with E-state index in [9.17, 15) is 4.79 Å². The van der Waals surface area contributed by atoms with E-state index in [0.717, 1.165) is 16.9 Å². The maximum Gasteiger partial charge on any atom is 0.319 e. The molecular weight excluding hydrogens is 316 g/mol. The number of carbonyl (C=O) groups excluding carboxylic acids is 1. The van der Waals surface area contributed by atoms with Gasteiger partial charge in [-0.15, -0.1) is 0 Å². The Balaban J connectivity index is 1.62. The fourth-order valence-corrected chi connectivity index (χ4v) is 2.53. The summed E-state index contributed by atoms with van der Waals surface area (Å²) >= 11 is 5.89. The van der Waals surface area contributed by atoms with Crippen molar-refractivity contribution in [3.05, 3.63) is 52.5 Å². The van der Waals surface area contributed by atoms with E-state index in [2.05, 4.69) is 10.6 Å². The Bertz CT molecular complexity index is 734. The van der Waals surface area contributed by atoms with E-state index in [4.69, 9.17) is 21.1 Å². The third-order valence-corrected chi connectivity index (χ3v) is 3.76. The lowest BCUT2D eigenvalue weighted by molar-refractivity contribution is 0.171. The Hall–Kier alpha value is -2.40. The minimum Gasteiger partial charge on any atom is -0.486 e. The van der Waals surface area contributed by atoms with Crippen molar-refractivity contribution in [2.45, 2.75) is 13.5 Å². The zero-order valence-electron chi connectivity index (χ0n) is 12.7. The molecule has 0 unspecified atom stereocenters. The van der Waals surface area contributed by atoms with Crippen LogP contribution >= 0.6 is 11.6 Å². The molecule has 5 nitrogen and oxygen atoms in total. The molecule has 1 heterocycles. The van der Waals surface area contributed by atoms with Crippen LogP contribution in [-0.2, 0) is 6.54 Å². The van der Waals surface area contributed by atoms with Crippen molar-refractivity contribution in [2.75, 3.05) is 18.5 Å². The molecule has 0 atom stereocenters. The molecule has 6 heteroatoms. The highest BCUT2D eigenvalue weighted by Gasteiger charge is 2.14. The topological polar surface area (TPSA) is 59.6 Å². The van der Waals surface area contributed by atoms with Gasteiger partial charge in [0.25, 0.3) is 0 Å². The Morgan fingerprint density at radius 3 is 2.65 bits per heavy atom. The first kappa shape index (κ1) is 15.5. The first-order chi connectivity index (χ1) is 11.1. The molecule has 0 aromatic heterocycles. The van der Waals surface area contributed by atoms with Gasteiger partial charge in [-0.3, -0.25) is 0 Å². The molecule has 1 aliphatic heterocycles.